The molecule has 3 aromatic rings. The van der Waals surface area contributed by atoms with Gasteiger partial charge in [0.1, 0.15) is 5.75 Å². The van der Waals surface area contributed by atoms with Crippen molar-refractivity contribution in [2.75, 3.05) is 38.2 Å². The number of hydrogen-bond acceptors (Lipinski definition) is 4. The van der Waals surface area contributed by atoms with Gasteiger partial charge in [0.2, 0.25) is 5.91 Å². The molecule has 0 spiro atoms. The van der Waals surface area contributed by atoms with Gasteiger partial charge in [-0.25, -0.2) is 4.39 Å². The lowest BCUT2D eigenvalue weighted by atomic mass is 9.97. The van der Waals surface area contributed by atoms with E-state index in [0.29, 0.717) is 39.0 Å². The third-order valence-corrected chi connectivity index (χ3v) is 6.13. The van der Waals surface area contributed by atoms with Crippen LogP contribution >= 0.6 is 0 Å². The number of phenolic OH excluding ortho intramolecular Hbond substituents is 1. The summed E-state index contributed by atoms with van der Waals surface area (Å²) in [5, 5.41) is 9.74. The Morgan fingerprint density at radius 1 is 1.00 bits per heavy atom. The summed E-state index contributed by atoms with van der Waals surface area (Å²) >= 11 is 0. The topological polar surface area (TPSA) is 53.0 Å². The van der Waals surface area contributed by atoms with E-state index in [1.54, 1.807) is 24.3 Å². The van der Waals surface area contributed by atoms with E-state index in [0.717, 1.165) is 22.4 Å². The molecule has 0 bridgehead atoms. The zero-order chi connectivity index (χ0) is 23.9. The van der Waals surface area contributed by atoms with Gasteiger partial charge >= 0.3 is 0 Å². The molecule has 1 saturated heterocycles. The Hall–Kier alpha value is -3.80. The highest BCUT2D eigenvalue weighted by atomic mass is 19.1. The molecule has 0 aliphatic carbocycles. The van der Waals surface area contributed by atoms with E-state index in [1.165, 1.54) is 13.2 Å². The number of allylic oxidation sites excluding steroid dienone is 1. The summed E-state index contributed by atoms with van der Waals surface area (Å²) < 4.78 is 19.1. The molecule has 1 aliphatic rings. The molecule has 0 saturated carbocycles. The van der Waals surface area contributed by atoms with Gasteiger partial charge in [-0.3, -0.25) is 4.79 Å². The molecule has 6 heteroatoms. The third kappa shape index (κ3) is 5.76. The van der Waals surface area contributed by atoms with E-state index in [1.807, 2.05) is 53.4 Å². The second kappa shape index (κ2) is 10.9. The molecule has 5 nitrogen and oxygen atoms in total. The van der Waals surface area contributed by atoms with Gasteiger partial charge in [0.15, 0.2) is 11.6 Å². The van der Waals surface area contributed by atoms with Gasteiger partial charge in [-0.05, 0) is 53.8 Å². The number of piperazine rings is 1. The Labute approximate surface area is 199 Å². The first-order valence-corrected chi connectivity index (χ1v) is 11.4. The number of amides is 1. The predicted molar refractivity (Wildman–Crippen MR) is 133 cm³/mol. The SMILES string of the molecule is COc1ccc(CC/C(=C/C(=O)N2CCN(c3cccc(O)c3)CC2)c2ccccc2)cc1F. The van der Waals surface area contributed by atoms with E-state index >= 15 is 0 Å². The quantitative estimate of drug-likeness (QED) is 0.510. The average Bonchev–Trinajstić information content (AvgIpc) is 2.87. The van der Waals surface area contributed by atoms with E-state index in [9.17, 15) is 14.3 Å². The maximum Gasteiger partial charge on any atom is 0.246 e. The smallest absolute Gasteiger partial charge is 0.246 e. The van der Waals surface area contributed by atoms with Crippen molar-refractivity contribution in [3.8, 4) is 11.5 Å². The number of halogens is 1. The van der Waals surface area contributed by atoms with Crippen LogP contribution in [-0.2, 0) is 11.2 Å². The van der Waals surface area contributed by atoms with Crippen LogP contribution in [0.1, 0.15) is 17.5 Å². The highest BCUT2D eigenvalue weighted by Gasteiger charge is 2.21. The molecule has 1 fully saturated rings. The number of anilines is 1. The van der Waals surface area contributed by atoms with Gasteiger partial charge in [0.05, 0.1) is 7.11 Å². The van der Waals surface area contributed by atoms with Crippen molar-refractivity contribution < 1.29 is 19.0 Å². The first-order valence-electron chi connectivity index (χ1n) is 11.4. The lowest BCUT2D eigenvalue weighted by Gasteiger charge is -2.35. The Morgan fingerprint density at radius 3 is 2.44 bits per heavy atom. The fraction of sp³-hybridized carbons (Fsp3) is 0.250. The molecule has 1 amide bonds. The monoisotopic (exact) mass is 460 g/mol. The lowest BCUT2D eigenvalue weighted by molar-refractivity contribution is -0.126. The molecule has 0 unspecified atom stereocenters. The van der Waals surface area contributed by atoms with Crippen molar-refractivity contribution in [3.05, 3.63) is 95.8 Å². The molecule has 176 valence electrons. The van der Waals surface area contributed by atoms with Crippen molar-refractivity contribution in [3.63, 3.8) is 0 Å². The largest absolute Gasteiger partial charge is 0.508 e. The van der Waals surface area contributed by atoms with Crippen LogP contribution in [0.4, 0.5) is 10.1 Å². The number of carbonyl (C=O) groups is 1. The van der Waals surface area contributed by atoms with Crippen LogP contribution in [0.2, 0.25) is 0 Å². The van der Waals surface area contributed by atoms with Crippen molar-refractivity contribution in [2.45, 2.75) is 12.8 Å². The third-order valence-electron chi connectivity index (χ3n) is 6.13. The Bertz CT molecular complexity index is 1160. The van der Waals surface area contributed by atoms with Gasteiger partial charge in [-0.2, -0.15) is 0 Å². The molecule has 1 aliphatic heterocycles. The molecule has 4 rings (SSSR count). The summed E-state index contributed by atoms with van der Waals surface area (Å²) in [6.45, 7) is 2.62. The first kappa shape index (κ1) is 23.4. The minimum absolute atomic E-state index is 0.0182. The molecular formula is C28H29FN2O3. The molecule has 0 radical (unpaired) electrons. The second-order valence-electron chi connectivity index (χ2n) is 8.34. The molecule has 34 heavy (non-hydrogen) atoms. The zero-order valence-electron chi connectivity index (χ0n) is 19.3. The standard InChI is InChI=1S/C28H29FN2O3/c1-34-27-13-11-21(18-26(27)29)10-12-23(22-6-3-2-4-7-22)19-28(33)31-16-14-30(15-17-31)24-8-5-9-25(32)20-24/h2-9,11,13,18-20,32H,10,12,14-17H2,1H3/b23-19-. The second-order valence-corrected chi connectivity index (χ2v) is 8.34. The molecule has 3 aromatic carbocycles. The summed E-state index contributed by atoms with van der Waals surface area (Å²) in [7, 11) is 1.45. The Morgan fingerprint density at radius 2 is 1.76 bits per heavy atom. The fourth-order valence-corrected chi connectivity index (χ4v) is 4.21. The number of ether oxygens (including phenoxy) is 1. The van der Waals surface area contributed by atoms with Crippen LogP contribution in [0.15, 0.2) is 78.9 Å². The van der Waals surface area contributed by atoms with Crippen LogP contribution in [0.5, 0.6) is 11.5 Å². The number of methoxy groups -OCH3 is 1. The summed E-state index contributed by atoms with van der Waals surface area (Å²) in [6.07, 6.45) is 2.95. The highest BCUT2D eigenvalue weighted by Crippen LogP contribution is 2.25. The first-order chi connectivity index (χ1) is 16.5. The predicted octanol–water partition coefficient (Wildman–Crippen LogP) is 4.90. The highest BCUT2D eigenvalue weighted by molar-refractivity contribution is 5.95. The van der Waals surface area contributed by atoms with Gasteiger partial charge in [0, 0.05) is 44.0 Å². The summed E-state index contributed by atoms with van der Waals surface area (Å²) in [4.78, 5) is 17.2. The molecule has 1 heterocycles. The summed E-state index contributed by atoms with van der Waals surface area (Å²) in [6, 6.07) is 22.0. The van der Waals surface area contributed by atoms with E-state index in [4.69, 9.17) is 4.74 Å². The minimum atomic E-state index is -0.383. The number of rotatable bonds is 7. The lowest BCUT2D eigenvalue weighted by Crippen LogP contribution is -2.48. The number of carbonyl (C=O) groups excluding carboxylic acids is 1. The minimum Gasteiger partial charge on any atom is -0.508 e. The van der Waals surface area contributed by atoms with Gasteiger partial charge < -0.3 is 19.6 Å². The molecule has 0 aromatic heterocycles. The zero-order valence-corrected chi connectivity index (χ0v) is 19.3. The number of benzene rings is 3. The van der Waals surface area contributed by atoms with Gasteiger partial charge in [-0.1, -0.05) is 42.5 Å². The van der Waals surface area contributed by atoms with Crippen LogP contribution in [0, 0.1) is 5.82 Å². The normalized spacial score (nSPS) is 14.2. The number of phenols is 1. The maximum atomic E-state index is 14.1. The Balaban J connectivity index is 1.45. The maximum absolute atomic E-state index is 14.1. The number of hydrogen-bond donors (Lipinski definition) is 1. The van der Waals surface area contributed by atoms with Gasteiger partial charge in [-0.15, -0.1) is 0 Å². The van der Waals surface area contributed by atoms with E-state index in [2.05, 4.69) is 4.90 Å². The average molecular weight is 461 g/mol. The molecule has 0 atom stereocenters. The number of nitrogens with zero attached hydrogens (tertiary/aromatic N) is 2. The number of aryl methyl sites for hydroxylation is 1. The van der Waals surface area contributed by atoms with Crippen LogP contribution in [0.25, 0.3) is 5.57 Å². The van der Waals surface area contributed by atoms with Gasteiger partial charge in [0.25, 0.3) is 0 Å². The molecule has 1 N–H and O–H groups in total. The Kier molecular flexibility index (Phi) is 7.48. The van der Waals surface area contributed by atoms with Crippen LogP contribution in [0.3, 0.4) is 0 Å². The fourth-order valence-electron chi connectivity index (χ4n) is 4.21. The van der Waals surface area contributed by atoms with Crippen molar-refractivity contribution >= 4 is 17.2 Å². The molecular weight excluding hydrogens is 431 g/mol. The van der Waals surface area contributed by atoms with Crippen molar-refractivity contribution in [1.82, 2.24) is 4.90 Å². The summed E-state index contributed by atoms with van der Waals surface area (Å²) in [5.41, 5.74) is 3.73. The summed E-state index contributed by atoms with van der Waals surface area (Å²) in [5.74, 6) is 0.0621. The van der Waals surface area contributed by atoms with Crippen molar-refractivity contribution in [2.24, 2.45) is 0 Å². The van der Waals surface area contributed by atoms with E-state index < -0.39 is 0 Å². The number of aromatic hydroxyl groups is 1. The van der Waals surface area contributed by atoms with Crippen molar-refractivity contribution in [1.29, 1.82) is 0 Å². The van der Waals surface area contributed by atoms with Crippen LogP contribution < -0.4 is 9.64 Å². The van der Waals surface area contributed by atoms with Crippen LogP contribution in [-0.4, -0.2) is 49.2 Å². The van der Waals surface area contributed by atoms with E-state index in [-0.39, 0.29) is 23.2 Å².